The van der Waals surface area contributed by atoms with E-state index in [0.717, 1.165) is 35.2 Å². The summed E-state index contributed by atoms with van der Waals surface area (Å²) < 4.78 is 6.17. The van der Waals surface area contributed by atoms with Crippen LogP contribution in [0.4, 0.5) is 5.69 Å². The molecule has 0 saturated carbocycles. The molecule has 4 rings (SSSR count). The lowest BCUT2D eigenvalue weighted by molar-refractivity contribution is -0.125. The zero-order valence-electron chi connectivity index (χ0n) is 14.3. The van der Waals surface area contributed by atoms with Crippen molar-refractivity contribution in [1.82, 2.24) is 0 Å². The van der Waals surface area contributed by atoms with Gasteiger partial charge in [0.15, 0.2) is 6.10 Å². The lowest BCUT2D eigenvalue weighted by atomic mass is 10.1. The quantitative estimate of drug-likeness (QED) is 0.700. The lowest BCUT2D eigenvalue weighted by Gasteiger charge is -2.24. The van der Waals surface area contributed by atoms with Crippen LogP contribution in [-0.2, 0) is 11.2 Å². The van der Waals surface area contributed by atoms with Crippen molar-refractivity contribution < 1.29 is 9.53 Å². The Balaban J connectivity index is 1.61. The van der Waals surface area contributed by atoms with Crippen LogP contribution in [-0.4, -0.2) is 18.6 Å². The maximum atomic E-state index is 13.1. The van der Waals surface area contributed by atoms with Gasteiger partial charge in [0.05, 0.1) is 0 Å². The highest BCUT2D eigenvalue weighted by Gasteiger charge is 2.30. The Bertz CT molecular complexity index is 913. The summed E-state index contributed by atoms with van der Waals surface area (Å²) in [5, 5.41) is 2.16. The minimum absolute atomic E-state index is 0.0420. The van der Waals surface area contributed by atoms with Gasteiger partial charge in [-0.05, 0) is 35.9 Å². The molecule has 1 heterocycles. The molecule has 25 heavy (non-hydrogen) atoms. The average molecular weight is 331 g/mol. The van der Waals surface area contributed by atoms with E-state index in [-0.39, 0.29) is 5.91 Å². The van der Waals surface area contributed by atoms with Crippen molar-refractivity contribution in [3.05, 3.63) is 72.3 Å². The van der Waals surface area contributed by atoms with E-state index < -0.39 is 6.10 Å². The first kappa shape index (κ1) is 15.7. The number of carbonyl (C=O) groups excluding carboxylic acids is 1. The molecule has 0 N–H and O–H groups in total. The molecule has 0 bridgehead atoms. The summed E-state index contributed by atoms with van der Waals surface area (Å²) in [6.45, 7) is 2.73. The number of hydrogen-bond donors (Lipinski definition) is 0. The summed E-state index contributed by atoms with van der Waals surface area (Å²) in [6.07, 6.45) is 1.07. The van der Waals surface area contributed by atoms with E-state index in [2.05, 4.69) is 18.2 Å². The highest BCUT2D eigenvalue weighted by molar-refractivity contribution is 5.99. The Labute approximate surface area is 147 Å². The smallest absolute Gasteiger partial charge is 0.268 e. The summed E-state index contributed by atoms with van der Waals surface area (Å²) in [7, 11) is 0. The average Bonchev–Trinajstić information content (AvgIpc) is 3.10. The number of para-hydroxylation sites is 1. The van der Waals surface area contributed by atoms with E-state index in [4.69, 9.17) is 4.74 Å². The van der Waals surface area contributed by atoms with Crippen LogP contribution in [0.15, 0.2) is 66.7 Å². The molecule has 0 saturated heterocycles. The van der Waals surface area contributed by atoms with Gasteiger partial charge in [0.2, 0.25) is 0 Å². The predicted molar refractivity (Wildman–Crippen MR) is 101 cm³/mol. The molecule has 3 heteroatoms. The minimum Gasteiger partial charge on any atom is -0.480 e. The van der Waals surface area contributed by atoms with Crippen molar-refractivity contribution in [2.75, 3.05) is 11.4 Å². The van der Waals surface area contributed by atoms with Gasteiger partial charge >= 0.3 is 0 Å². The molecule has 0 radical (unpaired) electrons. The maximum Gasteiger partial charge on any atom is 0.268 e. The van der Waals surface area contributed by atoms with Gasteiger partial charge in [-0.3, -0.25) is 4.79 Å². The number of fused-ring (bicyclic) bond motifs is 2. The number of hydrogen-bond acceptors (Lipinski definition) is 2. The molecule has 1 aliphatic heterocycles. The molecule has 0 spiro atoms. The van der Waals surface area contributed by atoms with Crippen LogP contribution in [0.1, 0.15) is 18.9 Å². The first-order valence-corrected chi connectivity index (χ1v) is 8.81. The van der Waals surface area contributed by atoms with Crippen LogP contribution >= 0.6 is 0 Å². The number of carbonyl (C=O) groups is 1. The van der Waals surface area contributed by atoms with E-state index in [1.807, 2.05) is 60.4 Å². The van der Waals surface area contributed by atoms with E-state index >= 15 is 0 Å². The van der Waals surface area contributed by atoms with Crippen LogP contribution in [0.3, 0.4) is 0 Å². The molecule has 126 valence electrons. The molecule has 1 aliphatic rings. The number of ether oxygens (including phenoxy) is 1. The van der Waals surface area contributed by atoms with Crippen LogP contribution in [0, 0.1) is 0 Å². The monoisotopic (exact) mass is 331 g/mol. The summed E-state index contributed by atoms with van der Waals surface area (Å²) in [6, 6.07) is 22.2. The Morgan fingerprint density at radius 1 is 1.04 bits per heavy atom. The molecule has 3 aromatic carbocycles. The van der Waals surface area contributed by atoms with E-state index in [1.54, 1.807) is 0 Å². The van der Waals surface area contributed by atoms with Gasteiger partial charge in [-0.2, -0.15) is 0 Å². The van der Waals surface area contributed by atoms with Gasteiger partial charge in [0, 0.05) is 17.6 Å². The molecule has 0 aliphatic carbocycles. The molecular formula is C22H21NO2. The maximum absolute atomic E-state index is 13.1. The second-order valence-corrected chi connectivity index (χ2v) is 6.36. The Hall–Kier alpha value is -2.81. The Kier molecular flexibility index (Phi) is 4.14. The highest BCUT2D eigenvalue weighted by Crippen LogP contribution is 2.30. The molecule has 1 atom stereocenters. The van der Waals surface area contributed by atoms with Crippen LogP contribution < -0.4 is 9.64 Å². The number of nitrogens with zero attached hydrogens (tertiary/aromatic N) is 1. The minimum atomic E-state index is -0.475. The van der Waals surface area contributed by atoms with E-state index in [9.17, 15) is 4.79 Å². The summed E-state index contributed by atoms with van der Waals surface area (Å²) in [5.41, 5.74) is 2.25. The second kappa shape index (κ2) is 6.60. The fourth-order valence-electron chi connectivity index (χ4n) is 3.50. The second-order valence-electron chi connectivity index (χ2n) is 6.36. The summed E-state index contributed by atoms with van der Waals surface area (Å²) >= 11 is 0. The van der Waals surface area contributed by atoms with Crippen molar-refractivity contribution in [2.45, 2.75) is 25.9 Å². The normalized spacial score (nSPS) is 14.4. The SMILES string of the molecule is CC[C@@H](Oc1cccc2ccccc12)C(=O)N1CCc2ccccc21. The molecule has 0 aromatic heterocycles. The van der Waals surface area contributed by atoms with E-state index in [1.165, 1.54) is 5.56 Å². The van der Waals surface area contributed by atoms with Gasteiger partial charge in [0.25, 0.3) is 5.91 Å². The number of rotatable bonds is 4. The van der Waals surface area contributed by atoms with Gasteiger partial charge in [0.1, 0.15) is 5.75 Å². The molecule has 3 aromatic rings. The molecule has 3 nitrogen and oxygen atoms in total. The molecule has 0 fully saturated rings. The lowest BCUT2D eigenvalue weighted by Crippen LogP contribution is -2.41. The zero-order valence-corrected chi connectivity index (χ0v) is 14.3. The molecular weight excluding hydrogens is 310 g/mol. The number of amides is 1. The molecule has 0 unspecified atom stereocenters. The van der Waals surface area contributed by atoms with Crippen LogP contribution in [0.25, 0.3) is 10.8 Å². The third kappa shape index (κ3) is 2.86. The van der Waals surface area contributed by atoms with Crippen molar-refractivity contribution in [3.63, 3.8) is 0 Å². The van der Waals surface area contributed by atoms with Gasteiger partial charge in [-0.15, -0.1) is 0 Å². The first-order chi connectivity index (χ1) is 12.3. The third-order valence-corrected chi connectivity index (χ3v) is 4.82. The fraction of sp³-hybridized carbons (Fsp3) is 0.227. The van der Waals surface area contributed by atoms with E-state index in [0.29, 0.717) is 6.42 Å². The van der Waals surface area contributed by atoms with Crippen LogP contribution in [0.5, 0.6) is 5.75 Å². The van der Waals surface area contributed by atoms with Gasteiger partial charge in [-0.25, -0.2) is 0 Å². The zero-order chi connectivity index (χ0) is 17.2. The predicted octanol–water partition coefficient (Wildman–Crippen LogP) is 4.59. The number of benzene rings is 3. The van der Waals surface area contributed by atoms with Crippen molar-refractivity contribution in [2.24, 2.45) is 0 Å². The van der Waals surface area contributed by atoms with Crippen molar-refractivity contribution in [1.29, 1.82) is 0 Å². The topological polar surface area (TPSA) is 29.5 Å². The summed E-state index contributed by atoms with van der Waals surface area (Å²) in [5.74, 6) is 0.811. The Morgan fingerprint density at radius 2 is 1.80 bits per heavy atom. The third-order valence-electron chi connectivity index (χ3n) is 4.82. The number of anilines is 1. The fourth-order valence-corrected chi connectivity index (χ4v) is 3.50. The van der Waals surface area contributed by atoms with Crippen LogP contribution in [0.2, 0.25) is 0 Å². The van der Waals surface area contributed by atoms with Gasteiger partial charge < -0.3 is 9.64 Å². The standard InChI is InChI=1S/C22H21NO2/c1-2-20(22(24)23-15-14-17-9-4-6-12-19(17)23)25-21-13-7-10-16-8-3-5-11-18(16)21/h3-13,20H,2,14-15H2,1H3/t20-/m1/s1. The van der Waals surface area contributed by atoms with Crippen molar-refractivity contribution >= 4 is 22.4 Å². The Morgan fingerprint density at radius 3 is 2.68 bits per heavy atom. The molecule has 1 amide bonds. The van der Waals surface area contributed by atoms with Gasteiger partial charge in [-0.1, -0.05) is 61.5 Å². The first-order valence-electron chi connectivity index (χ1n) is 8.81. The highest BCUT2D eigenvalue weighted by atomic mass is 16.5. The van der Waals surface area contributed by atoms with Crippen molar-refractivity contribution in [3.8, 4) is 5.75 Å². The summed E-state index contributed by atoms with van der Waals surface area (Å²) in [4.78, 5) is 15.0. The largest absolute Gasteiger partial charge is 0.480 e.